The second kappa shape index (κ2) is 9.62. The van der Waals surface area contributed by atoms with E-state index in [0.29, 0.717) is 29.0 Å². The van der Waals surface area contributed by atoms with Crippen LogP contribution in [0.15, 0.2) is 82.8 Å². The van der Waals surface area contributed by atoms with Crippen LogP contribution >= 0.6 is 11.8 Å². The zero-order chi connectivity index (χ0) is 21.6. The third-order valence-electron chi connectivity index (χ3n) is 4.75. The lowest BCUT2D eigenvalue weighted by Gasteiger charge is -2.11. The Bertz CT molecular complexity index is 1130. The number of carbonyl (C=O) groups excluding carboxylic acids is 1. The predicted octanol–water partition coefficient (Wildman–Crippen LogP) is 5.59. The van der Waals surface area contributed by atoms with E-state index >= 15 is 0 Å². The van der Waals surface area contributed by atoms with E-state index in [9.17, 15) is 4.79 Å². The van der Waals surface area contributed by atoms with Gasteiger partial charge in [-0.3, -0.25) is 9.69 Å². The normalized spacial score (nSPS) is 16.3. The Hall–Kier alpha value is -3.38. The standard InChI is InChI=1S/C25H23N3O2S/c1-3-28-24(29)22(31-25(28)27-23-9-4-5-14-26-23)16-20-7-6-8-21(15-20)30-17-19-12-10-18(2)11-13-19/h4-16H,3,17H2,1-2H3/b22-16-,27-25+. The number of aliphatic imine (C=N–C) groups is 1. The molecule has 156 valence electrons. The minimum atomic E-state index is -0.0480. The van der Waals surface area contributed by atoms with Crippen LogP contribution in [0, 0.1) is 6.92 Å². The minimum absolute atomic E-state index is 0.0480. The predicted molar refractivity (Wildman–Crippen MR) is 126 cm³/mol. The molecule has 1 aliphatic heterocycles. The number of rotatable bonds is 6. The van der Waals surface area contributed by atoms with Gasteiger partial charge < -0.3 is 4.74 Å². The van der Waals surface area contributed by atoms with Crippen LogP contribution in [-0.2, 0) is 11.4 Å². The van der Waals surface area contributed by atoms with Crippen molar-refractivity contribution in [3.05, 3.63) is 94.5 Å². The molecule has 0 aliphatic carbocycles. The third-order valence-corrected chi connectivity index (χ3v) is 5.75. The molecule has 1 amide bonds. The molecular formula is C25H23N3O2S. The van der Waals surface area contributed by atoms with Gasteiger partial charge in [-0.15, -0.1) is 0 Å². The summed E-state index contributed by atoms with van der Waals surface area (Å²) in [5.41, 5.74) is 3.25. The first kappa shape index (κ1) is 20.9. The minimum Gasteiger partial charge on any atom is -0.489 e. The molecule has 0 spiro atoms. The Morgan fingerprint density at radius 1 is 1.10 bits per heavy atom. The number of aryl methyl sites for hydroxylation is 1. The van der Waals surface area contributed by atoms with Crippen LogP contribution in [0.4, 0.5) is 5.82 Å². The van der Waals surface area contributed by atoms with Crippen LogP contribution in [0.5, 0.6) is 5.75 Å². The van der Waals surface area contributed by atoms with E-state index in [4.69, 9.17) is 4.74 Å². The topological polar surface area (TPSA) is 54.8 Å². The highest BCUT2D eigenvalue weighted by Crippen LogP contribution is 2.34. The smallest absolute Gasteiger partial charge is 0.266 e. The van der Waals surface area contributed by atoms with Crippen LogP contribution in [0.25, 0.3) is 6.08 Å². The zero-order valence-corrected chi connectivity index (χ0v) is 18.3. The van der Waals surface area contributed by atoms with E-state index in [1.807, 2.05) is 55.5 Å². The summed E-state index contributed by atoms with van der Waals surface area (Å²) in [6.45, 7) is 5.05. The zero-order valence-electron chi connectivity index (χ0n) is 17.5. The van der Waals surface area contributed by atoms with E-state index < -0.39 is 0 Å². The Labute approximate surface area is 186 Å². The maximum atomic E-state index is 12.9. The van der Waals surface area contributed by atoms with Crippen molar-refractivity contribution in [1.29, 1.82) is 0 Å². The molecule has 31 heavy (non-hydrogen) atoms. The number of aromatic nitrogens is 1. The highest BCUT2D eigenvalue weighted by Gasteiger charge is 2.32. The fourth-order valence-corrected chi connectivity index (χ4v) is 4.14. The lowest BCUT2D eigenvalue weighted by molar-refractivity contribution is -0.122. The molecule has 1 aromatic heterocycles. The van der Waals surface area contributed by atoms with Gasteiger partial charge >= 0.3 is 0 Å². The average Bonchev–Trinajstić information content (AvgIpc) is 3.08. The largest absolute Gasteiger partial charge is 0.489 e. The Balaban J connectivity index is 1.51. The third kappa shape index (κ3) is 5.22. The molecule has 0 radical (unpaired) electrons. The van der Waals surface area contributed by atoms with Gasteiger partial charge in [0.1, 0.15) is 12.4 Å². The van der Waals surface area contributed by atoms with E-state index in [1.165, 1.54) is 17.3 Å². The van der Waals surface area contributed by atoms with Crippen molar-refractivity contribution >= 4 is 34.7 Å². The van der Waals surface area contributed by atoms with Gasteiger partial charge in [-0.1, -0.05) is 48.0 Å². The number of ether oxygens (including phenoxy) is 1. The van der Waals surface area contributed by atoms with E-state index in [-0.39, 0.29) is 5.91 Å². The number of nitrogens with zero attached hydrogens (tertiary/aromatic N) is 3. The van der Waals surface area contributed by atoms with Crippen LogP contribution in [0.2, 0.25) is 0 Å². The number of hydrogen-bond acceptors (Lipinski definition) is 5. The van der Waals surface area contributed by atoms with E-state index in [0.717, 1.165) is 16.9 Å². The monoisotopic (exact) mass is 429 g/mol. The number of carbonyl (C=O) groups is 1. The molecule has 0 bridgehead atoms. The van der Waals surface area contributed by atoms with Crippen LogP contribution in [-0.4, -0.2) is 27.5 Å². The van der Waals surface area contributed by atoms with Crippen LogP contribution in [0.1, 0.15) is 23.6 Å². The van der Waals surface area contributed by atoms with Gasteiger partial charge in [0, 0.05) is 12.7 Å². The highest BCUT2D eigenvalue weighted by molar-refractivity contribution is 8.18. The number of amidine groups is 1. The molecule has 1 aliphatic rings. The molecule has 2 heterocycles. The van der Waals surface area contributed by atoms with Crippen molar-refractivity contribution in [3.8, 4) is 5.75 Å². The molecule has 0 N–H and O–H groups in total. The fourth-order valence-electron chi connectivity index (χ4n) is 3.08. The van der Waals surface area contributed by atoms with Crippen molar-refractivity contribution in [3.63, 3.8) is 0 Å². The Kier molecular flexibility index (Phi) is 6.48. The number of thioether (sulfide) groups is 1. The summed E-state index contributed by atoms with van der Waals surface area (Å²) in [5.74, 6) is 1.30. The molecule has 2 aromatic carbocycles. The van der Waals surface area contributed by atoms with E-state index in [1.54, 1.807) is 11.1 Å². The van der Waals surface area contributed by atoms with Crippen molar-refractivity contribution in [1.82, 2.24) is 9.88 Å². The number of pyridine rings is 1. The summed E-state index contributed by atoms with van der Waals surface area (Å²) in [7, 11) is 0. The van der Waals surface area contributed by atoms with Crippen LogP contribution < -0.4 is 4.74 Å². The molecule has 1 fully saturated rings. The van der Waals surface area contributed by atoms with E-state index in [2.05, 4.69) is 41.2 Å². The molecule has 1 saturated heterocycles. The first-order valence-corrected chi connectivity index (χ1v) is 10.9. The Morgan fingerprint density at radius 3 is 2.68 bits per heavy atom. The maximum Gasteiger partial charge on any atom is 0.266 e. The first-order valence-electron chi connectivity index (χ1n) is 10.1. The van der Waals surface area contributed by atoms with Crippen molar-refractivity contribution in [2.45, 2.75) is 20.5 Å². The molecular weight excluding hydrogens is 406 g/mol. The number of benzene rings is 2. The second-order valence-electron chi connectivity index (χ2n) is 7.09. The molecule has 6 heteroatoms. The quantitative estimate of drug-likeness (QED) is 0.479. The molecule has 0 saturated carbocycles. The highest BCUT2D eigenvalue weighted by atomic mass is 32.2. The van der Waals surface area contributed by atoms with Gasteiger partial charge in [0.2, 0.25) is 0 Å². The number of hydrogen-bond donors (Lipinski definition) is 0. The number of amides is 1. The average molecular weight is 430 g/mol. The first-order chi connectivity index (χ1) is 15.1. The molecule has 5 nitrogen and oxygen atoms in total. The van der Waals surface area contributed by atoms with Crippen molar-refractivity contribution in [2.24, 2.45) is 4.99 Å². The second-order valence-corrected chi connectivity index (χ2v) is 8.10. The maximum absolute atomic E-state index is 12.9. The van der Waals surface area contributed by atoms with Crippen LogP contribution in [0.3, 0.4) is 0 Å². The summed E-state index contributed by atoms with van der Waals surface area (Å²) in [6, 6.07) is 21.6. The lowest BCUT2D eigenvalue weighted by Crippen LogP contribution is -2.28. The molecule has 0 atom stereocenters. The number of likely N-dealkylation sites (N-methyl/N-ethyl adjacent to an activating group) is 1. The lowest BCUT2D eigenvalue weighted by atomic mass is 10.1. The summed E-state index contributed by atoms with van der Waals surface area (Å²) in [4.78, 5) is 23.9. The van der Waals surface area contributed by atoms with Crippen molar-refractivity contribution < 1.29 is 9.53 Å². The van der Waals surface area contributed by atoms with Gasteiger partial charge in [0.05, 0.1) is 4.91 Å². The van der Waals surface area contributed by atoms with Gasteiger partial charge in [0.25, 0.3) is 5.91 Å². The van der Waals surface area contributed by atoms with Gasteiger partial charge in [-0.2, -0.15) is 0 Å². The summed E-state index contributed by atoms with van der Waals surface area (Å²) < 4.78 is 5.94. The summed E-state index contributed by atoms with van der Waals surface area (Å²) in [5, 5.41) is 0.643. The van der Waals surface area contributed by atoms with Gasteiger partial charge in [-0.25, -0.2) is 9.98 Å². The Morgan fingerprint density at radius 2 is 1.94 bits per heavy atom. The summed E-state index contributed by atoms with van der Waals surface area (Å²) >= 11 is 1.37. The fraction of sp³-hybridized carbons (Fsp3) is 0.160. The van der Waals surface area contributed by atoms with Gasteiger partial charge in [-0.05, 0) is 67.1 Å². The van der Waals surface area contributed by atoms with Crippen molar-refractivity contribution in [2.75, 3.05) is 6.54 Å². The van der Waals surface area contributed by atoms with Gasteiger partial charge in [0.15, 0.2) is 11.0 Å². The summed E-state index contributed by atoms with van der Waals surface area (Å²) in [6.07, 6.45) is 3.57. The SMILES string of the molecule is CCN1C(=O)/C(=C/c2cccc(OCc3ccc(C)cc3)c2)S/C1=N/c1ccccn1. The molecule has 0 unspecified atom stereocenters. The molecule has 3 aromatic rings. The molecule has 4 rings (SSSR count).